The number of carbonyl (C=O) groups is 2. The van der Waals surface area contributed by atoms with Crippen LogP contribution in [0.3, 0.4) is 0 Å². The highest BCUT2D eigenvalue weighted by Gasteiger charge is 2.27. The van der Waals surface area contributed by atoms with E-state index in [0.29, 0.717) is 25.6 Å². The van der Waals surface area contributed by atoms with Gasteiger partial charge in [-0.2, -0.15) is 0 Å². The van der Waals surface area contributed by atoms with Crippen LogP contribution in [0.4, 0.5) is 16.2 Å². The fraction of sp³-hybridized carbons (Fsp3) is 0.281. The van der Waals surface area contributed by atoms with E-state index >= 15 is 0 Å². The second-order valence-corrected chi connectivity index (χ2v) is 10.7. The Morgan fingerprint density at radius 2 is 1.73 bits per heavy atom. The normalized spacial score (nSPS) is 15.5. The molecule has 2 amide bonds. The Morgan fingerprint density at radius 3 is 2.51 bits per heavy atom. The molecule has 1 aromatic heterocycles. The lowest BCUT2D eigenvalue weighted by molar-refractivity contribution is -0.129. The third kappa shape index (κ3) is 6.19. The maximum Gasteiger partial charge on any atom is 0.326 e. The van der Waals surface area contributed by atoms with Gasteiger partial charge >= 0.3 is 6.03 Å². The van der Waals surface area contributed by atoms with Gasteiger partial charge in [0.2, 0.25) is 5.91 Å². The average molecular weight is 551 g/mol. The van der Waals surface area contributed by atoms with E-state index < -0.39 is 0 Å². The molecule has 41 heavy (non-hydrogen) atoms. The van der Waals surface area contributed by atoms with Crippen molar-refractivity contribution in [1.82, 2.24) is 19.8 Å². The predicted molar refractivity (Wildman–Crippen MR) is 159 cm³/mol. The van der Waals surface area contributed by atoms with E-state index in [2.05, 4.69) is 38.3 Å². The summed E-state index contributed by atoms with van der Waals surface area (Å²) in [5.74, 6) is 1.32. The summed E-state index contributed by atoms with van der Waals surface area (Å²) in [4.78, 5) is 35.4. The predicted octanol–water partition coefficient (Wildman–Crippen LogP) is 4.10. The van der Waals surface area contributed by atoms with Crippen LogP contribution >= 0.6 is 0 Å². The van der Waals surface area contributed by atoms with Crippen molar-refractivity contribution in [3.8, 4) is 17.0 Å². The molecule has 0 aliphatic carbocycles. The molecule has 0 atom stereocenters. The van der Waals surface area contributed by atoms with Gasteiger partial charge in [0.25, 0.3) is 0 Å². The Labute approximate surface area is 240 Å². The number of carbonyl (C=O) groups excluding carboxylic acids is 2. The third-order valence-electron chi connectivity index (χ3n) is 7.73. The molecular weight excluding hydrogens is 516 g/mol. The highest BCUT2D eigenvalue weighted by molar-refractivity contribution is 5.82. The van der Waals surface area contributed by atoms with E-state index in [1.807, 2.05) is 67.7 Å². The highest BCUT2D eigenvalue weighted by atomic mass is 16.5. The van der Waals surface area contributed by atoms with Gasteiger partial charge in [0.1, 0.15) is 18.7 Å². The minimum Gasteiger partial charge on any atom is -0.489 e. The van der Waals surface area contributed by atoms with Crippen molar-refractivity contribution >= 4 is 23.3 Å². The maximum atomic E-state index is 12.7. The van der Waals surface area contributed by atoms with Crippen molar-refractivity contribution in [3.05, 3.63) is 97.0 Å². The number of nitrogens with zero attached hydrogens (tertiary/aromatic N) is 5. The monoisotopic (exact) mass is 550 g/mol. The van der Waals surface area contributed by atoms with Crippen LogP contribution < -0.4 is 19.9 Å². The second kappa shape index (κ2) is 11.8. The minimum atomic E-state index is -0.176. The molecule has 0 bridgehead atoms. The lowest BCUT2D eigenvalue weighted by Crippen LogP contribution is -2.51. The summed E-state index contributed by atoms with van der Waals surface area (Å²) in [6.07, 6.45) is 3.30. The van der Waals surface area contributed by atoms with Gasteiger partial charge in [-0.25, -0.2) is 9.78 Å². The Hall–Kier alpha value is -4.79. The van der Waals surface area contributed by atoms with Gasteiger partial charge < -0.3 is 24.8 Å². The molecule has 4 aromatic rings. The Balaban J connectivity index is 0.980. The van der Waals surface area contributed by atoms with Crippen LogP contribution in [0, 0.1) is 5.92 Å². The minimum absolute atomic E-state index is 0.132. The lowest BCUT2D eigenvalue weighted by atomic mass is 9.99. The van der Waals surface area contributed by atoms with Crippen LogP contribution in [0.5, 0.6) is 5.75 Å². The topological polar surface area (TPSA) is 82.9 Å². The summed E-state index contributed by atoms with van der Waals surface area (Å²) < 4.78 is 7.52. The van der Waals surface area contributed by atoms with E-state index in [-0.39, 0.29) is 11.9 Å². The van der Waals surface area contributed by atoms with Crippen LogP contribution in [0.2, 0.25) is 0 Å². The molecule has 1 N–H and O–H groups in total. The van der Waals surface area contributed by atoms with Crippen molar-refractivity contribution in [1.29, 1.82) is 0 Å². The number of rotatable bonds is 8. The molecular formula is C32H34N6O3. The quantitative estimate of drug-likeness (QED) is 0.356. The first-order chi connectivity index (χ1) is 20.0. The number of amides is 2. The van der Waals surface area contributed by atoms with Crippen molar-refractivity contribution in [3.63, 3.8) is 0 Å². The number of imidazole rings is 1. The van der Waals surface area contributed by atoms with Crippen LogP contribution in [0.25, 0.3) is 11.3 Å². The summed E-state index contributed by atoms with van der Waals surface area (Å²) in [5, 5.41) is 3.02. The molecule has 0 unspecified atom stereocenters. The molecule has 0 radical (unpaired) electrons. The summed E-state index contributed by atoms with van der Waals surface area (Å²) in [6, 6.07) is 26.0. The maximum absolute atomic E-state index is 12.7. The number of nitrogens with one attached hydrogen (secondary N) is 1. The van der Waals surface area contributed by atoms with E-state index in [1.54, 1.807) is 17.4 Å². The van der Waals surface area contributed by atoms with E-state index in [9.17, 15) is 9.59 Å². The molecule has 9 nitrogen and oxygen atoms in total. The number of piperazine rings is 1. The van der Waals surface area contributed by atoms with Gasteiger partial charge in [0, 0.05) is 68.8 Å². The first-order valence-corrected chi connectivity index (χ1v) is 13.9. The molecule has 2 fully saturated rings. The summed E-state index contributed by atoms with van der Waals surface area (Å²) in [5.41, 5.74) is 4.92. The number of anilines is 2. The van der Waals surface area contributed by atoms with Crippen molar-refractivity contribution < 1.29 is 14.3 Å². The van der Waals surface area contributed by atoms with Gasteiger partial charge in [-0.1, -0.05) is 30.3 Å². The number of aromatic nitrogens is 2. The molecule has 0 spiro atoms. The molecule has 6 rings (SSSR count). The Bertz CT molecular complexity index is 1500. The number of likely N-dealkylation sites (N-methyl/N-ethyl adjacent to an activating group) is 1. The second-order valence-electron chi connectivity index (χ2n) is 10.7. The zero-order chi connectivity index (χ0) is 28.2. The molecule has 3 heterocycles. The number of ether oxygens (including phenoxy) is 1. The van der Waals surface area contributed by atoms with Crippen LogP contribution in [0.1, 0.15) is 5.56 Å². The van der Waals surface area contributed by atoms with Crippen LogP contribution in [-0.4, -0.2) is 72.7 Å². The Morgan fingerprint density at radius 1 is 0.951 bits per heavy atom. The lowest BCUT2D eigenvalue weighted by Gasteiger charge is -2.41. The molecule has 0 saturated carbocycles. The smallest absolute Gasteiger partial charge is 0.326 e. The van der Waals surface area contributed by atoms with Gasteiger partial charge in [-0.15, -0.1) is 0 Å². The van der Waals surface area contributed by atoms with E-state index in [1.165, 1.54) is 10.3 Å². The van der Waals surface area contributed by atoms with E-state index in [0.717, 1.165) is 54.4 Å². The fourth-order valence-electron chi connectivity index (χ4n) is 5.16. The zero-order valence-corrected chi connectivity index (χ0v) is 23.1. The average Bonchev–Trinajstić information content (AvgIpc) is 3.48. The summed E-state index contributed by atoms with van der Waals surface area (Å²) in [7, 11) is 1.84. The molecule has 9 heteroatoms. The number of para-hydroxylation sites is 1. The number of hydrogen-bond donors (Lipinski definition) is 1. The number of hydrogen-bond acceptors (Lipinski definition) is 6. The number of benzene rings is 3. The van der Waals surface area contributed by atoms with Crippen molar-refractivity contribution in [2.45, 2.75) is 6.61 Å². The zero-order valence-electron chi connectivity index (χ0n) is 23.1. The van der Waals surface area contributed by atoms with Crippen LogP contribution in [0.15, 0.2) is 91.4 Å². The fourth-order valence-corrected chi connectivity index (χ4v) is 5.16. The van der Waals surface area contributed by atoms with Gasteiger partial charge in [0.15, 0.2) is 0 Å². The third-order valence-corrected chi connectivity index (χ3v) is 7.73. The molecule has 2 saturated heterocycles. The van der Waals surface area contributed by atoms with E-state index in [4.69, 9.17) is 4.74 Å². The van der Waals surface area contributed by atoms with Gasteiger partial charge in [-0.05, 0) is 54.1 Å². The van der Waals surface area contributed by atoms with Crippen molar-refractivity contribution in [2.24, 2.45) is 5.92 Å². The summed E-state index contributed by atoms with van der Waals surface area (Å²) in [6.45, 7) is 4.88. The Kier molecular flexibility index (Phi) is 7.58. The molecule has 2 aliphatic heterocycles. The molecule has 210 valence electrons. The standard InChI is InChI=1S/C32H34N6O3/c1-35-14-15-36(21-31(35)39)28-9-5-6-24(16-28)22-41-29-12-10-26(11-13-29)30-20-38(23-34-30)32(40)33-17-25-18-37(19-25)27-7-3-2-4-8-27/h2-13,16,20,23,25H,14-15,17-19,21-22H2,1H3,(H,33,40). The van der Waals surface area contributed by atoms with Gasteiger partial charge in [0.05, 0.1) is 12.2 Å². The SMILES string of the molecule is CN1CCN(c2cccc(COc3ccc(-c4cn(C(=O)NCC5CN(c6ccccc6)C5)cn4)cc3)c2)CC1=O. The van der Waals surface area contributed by atoms with Gasteiger partial charge in [-0.3, -0.25) is 9.36 Å². The van der Waals surface area contributed by atoms with Crippen LogP contribution in [-0.2, 0) is 11.4 Å². The first kappa shape index (κ1) is 26.4. The molecule has 2 aliphatic rings. The van der Waals surface area contributed by atoms with Crippen molar-refractivity contribution in [2.75, 3.05) is 56.1 Å². The highest BCUT2D eigenvalue weighted by Crippen LogP contribution is 2.25. The first-order valence-electron chi connectivity index (χ1n) is 13.9. The molecule has 3 aromatic carbocycles. The summed E-state index contributed by atoms with van der Waals surface area (Å²) >= 11 is 0. The largest absolute Gasteiger partial charge is 0.489 e.